The van der Waals surface area contributed by atoms with Crippen LogP contribution >= 0.6 is 0 Å². The number of para-hydroxylation sites is 1. The topological polar surface area (TPSA) is 71.9 Å². The van der Waals surface area contributed by atoms with Crippen LogP contribution in [0.15, 0.2) is 114 Å². The van der Waals surface area contributed by atoms with Crippen molar-refractivity contribution in [1.29, 1.82) is 0 Å². The molecule has 0 N–H and O–H groups in total. The molecule has 6 heteroatoms. The summed E-state index contributed by atoms with van der Waals surface area (Å²) in [6.45, 7) is -0.425. The molecular weight excluding hydrogens is 462 g/mol. The maximum Gasteiger partial charge on any atom is 0.357 e. The van der Waals surface area contributed by atoms with Crippen molar-refractivity contribution >= 4 is 39.3 Å². The van der Waals surface area contributed by atoms with Gasteiger partial charge in [0.1, 0.15) is 5.69 Å². The van der Waals surface area contributed by atoms with E-state index in [0.29, 0.717) is 11.9 Å². The first-order valence-electron chi connectivity index (χ1n) is 12.1. The van der Waals surface area contributed by atoms with Gasteiger partial charge >= 0.3 is 5.97 Å². The quantitative estimate of drug-likeness (QED) is 0.290. The van der Waals surface area contributed by atoms with Crippen LogP contribution in [-0.2, 0) is 9.53 Å². The highest BCUT2D eigenvalue weighted by atomic mass is 16.5. The maximum absolute atomic E-state index is 13.3. The van der Waals surface area contributed by atoms with Gasteiger partial charge in [-0.2, -0.15) is 5.10 Å². The fraction of sp³-hybridized carbons (Fsp3) is 0.0968. The molecule has 1 aliphatic rings. The van der Waals surface area contributed by atoms with E-state index in [4.69, 9.17) is 9.84 Å². The number of benzene rings is 4. The highest BCUT2D eigenvalue weighted by Gasteiger charge is 2.33. The number of hydrazone groups is 1. The molecule has 0 spiro atoms. The van der Waals surface area contributed by atoms with Crippen LogP contribution in [0.25, 0.3) is 21.7 Å². The smallest absolute Gasteiger partial charge is 0.357 e. The number of aromatic nitrogens is 1. The SMILES string of the molecule is O=C(OCC(=O)N1N=C(c2ccc3ccccc3c2)CC1c1ccccc1)c1ccc2ccccc2n1. The molecule has 6 nitrogen and oxygen atoms in total. The van der Waals surface area contributed by atoms with Gasteiger partial charge in [-0.05, 0) is 40.1 Å². The fourth-order valence-corrected chi connectivity index (χ4v) is 4.67. The Labute approximate surface area is 213 Å². The average Bonchev–Trinajstić information content (AvgIpc) is 3.41. The van der Waals surface area contributed by atoms with E-state index >= 15 is 0 Å². The molecule has 1 amide bonds. The number of nitrogens with zero attached hydrogens (tertiary/aromatic N) is 3. The molecule has 0 saturated heterocycles. The zero-order chi connectivity index (χ0) is 25.2. The summed E-state index contributed by atoms with van der Waals surface area (Å²) in [4.78, 5) is 30.3. The Balaban J connectivity index is 1.24. The van der Waals surface area contributed by atoms with Crippen LogP contribution in [-0.4, -0.2) is 34.2 Å². The van der Waals surface area contributed by atoms with Crippen molar-refractivity contribution in [3.8, 4) is 0 Å². The Morgan fingerprint density at radius 3 is 2.32 bits per heavy atom. The Bertz CT molecular complexity index is 1660. The Morgan fingerprint density at radius 1 is 0.784 bits per heavy atom. The van der Waals surface area contributed by atoms with Crippen molar-refractivity contribution in [1.82, 2.24) is 9.99 Å². The third kappa shape index (κ3) is 4.57. The number of carbonyl (C=O) groups excluding carboxylic acids is 2. The molecule has 5 aromatic rings. The summed E-state index contributed by atoms with van der Waals surface area (Å²) in [5, 5.41) is 9.33. The van der Waals surface area contributed by atoms with Gasteiger partial charge in [0.15, 0.2) is 6.61 Å². The van der Waals surface area contributed by atoms with E-state index in [9.17, 15) is 9.59 Å². The number of hydrogen-bond donors (Lipinski definition) is 0. The van der Waals surface area contributed by atoms with Gasteiger partial charge in [0.25, 0.3) is 5.91 Å². The highest BCUT2D eigenvalue weighted by molar-refractivity contribution is 6.05. The van der Waals surface area contributed by atoms with Crippen molar-refractivity contribution in [3.63, 3.8) is 0 Å². The molecule has 0 radical (unpaired) electrons. The molecule has 4 aromatic carbocycles. The van der Waals surface area contributed by atoms with Crippen LogP contribution in [0.2, 0.25) is 0 Å². The van der Waals surface area contributed by atoms with Crippen LogP contribution in [0.4, 0.5) is 0 Å². The second kappa shape index (κ2) is 9.66. The number of carbonyl (C=O) groups is 2. The third-order valence-electron chi connectivity index (χ3n) is 6.57. The number of fused-ring (bicyclic) bond motifs is 2. The molecule has 0 aliphatic carbocycles. The van der Waals surface area contributed by atoms with E-state index in [1.165, 1.54) is 5.01 Å². The summed E-state index contributed by atoms with van der Waals surface area (Å²) in [6.07, 6.45) is 0.564. The first-order valence-corrected chi connectivity index (χ1v) is 12.1. The summed E-state index contributed by atoms with van der Waals surface area (Å²) >= 11 is 0. The monoisotopic (exact) mass is 485 g/mol. The Morgan fingerprint density at radius 2 is 1.49 bits per heavy atom. The normalized spacial score (nSPS) is 15.1. The van der Waals surface area contributed by atoms with Gasteiger partial charge in [0.05, 0.1) is 17.3 Å². The summed E-state index contributed by atoms with van der Waals surface area (Å²) < 4.78 is 5.37. The average molecular weight is 486 g/mol. The molecule has 1 aliphatic heterocycles. The van der Waals surface area contributed by atoms with Crippen molar-refractivity contribution in [2.75, 3.05) is 6.61 Å². The number of rotatable bonds is 5. The lowest BCUT2D eigenvalue weighted by Crippen LogP contribution is -2.31. The summed E-state index contributed by atoms with van der Waals surface area (Å²) in [7, 11) is 0. The molecule has 0 fully saturated rings. The molecule has 1 atom stereocenters. The molecule has 6 rings (SSSR count). The molecule has 0 bridgehead atoms. The van der Waals surface area contributed by atoms with Crippen LogP contribution < -0.4 is 0 Å². The van der Waals surface area contributed by atoms with E-state index in [1.807, 2.05) is 78.9 Å². The highest BCUT2D eigenvalue weighted by Crippen LogP contribution is 2.33. The van der Waals surface area contributed by atoms with Crippen LogP contribution in [0.1, 0.15) is 34.1 Å². The first kappa shape index (κ1) is 22.6. The van der Waals surface area contributed by atoms with Crippen molar-refractivity contribution in [2.45, 2.75) is 12.5 Å². The molecule has 1 unspecified atom stereocenters. The number of pyridine rings is 1. The number of amides is 1. The molecule has 37 heavy (non-hydrogen) atoms. The molecule has 1 aromatic heterocycles. The van der Waals surface area contributed by atoms with Crippen LogP contribution in [0, 0.1) is 0 Å². The summed E-state index contributed by atoms with van der Waals surface area (Å²) in [6, 6.07) is 34.8. The van der Waals surface area contributed by atoms with Gasteiger partial charge < -0.3 is 4.74 Å². The zero-order valence-electron chi connectivity index (χ0n) is 20.0. The van der Waals surface area contributed by atoms with Crippen molar-refractivity contribution in [3.05, 3.63) is 126 Å². The lowest BCUT2D eigenvalue weighted by atomic mass is 9.97. The predicted octanol–water partition coefficient (Wildman–Crippen LogP) is 5.92. The predicted molar refractivity (Wildman–Crippen MR) is 143 cm³/mol. The van der Waals surface area contributed by atoms with Crippen LogP contribution in [0.5, 0.6) is 0 Å². The van der Waals surface area contributed by atoms with Gasteiger partial charge in [-0.1, -0.05) is 91.0 Å². The van der Waals surface area contributed by atoms with E-state index in [-0.39, 0.29) is 11.7 Å². The van der Waals surface area contributed by atoms with Gasteiger partial charge in [0.2, 0.25) is 0 Å². The lowest BCUT2D eigenvalue weighted by Gasteiger charge is -2.21. The molecular formula is C31H23N3O3. The fourth-order valence-electron chi connectivity index (χ4n) is 4.67. The van der Waals surface area contributed by atoms with Crippen molar-refractivity contribution in [2.24, 2.45) is 5.10 Å². The first-order chi connectivity index (χ1) is 18.2. The minimum absolute atomic E-state index is 0.160. The van der Waals surface area contributed by atoms with Crippen LogP contribution in [0.3, 0.4) is 0 Å². The zero-order valence-corrected chi connectivity index (χ0v) is 20.0. The standard InChI is InChI=1S/C31H23N3O3/c35-30(20-37-31(36)27-17-16-22-9-6-7-13-26(22)32-27)34-29(23-10-2-1-3-11-23)19-28(33-34)25-15-14-21-8-4-5-12-24(21)18-25/h1-18,29H,19-20H2. The second-order valence-corrected chi connectivity index (χ2v) is 8.94. The van der Waals surface area contributed by atoms with E-state index in [0.717, 1.165) is 33.0 Å². The number of esters is 1. The number of hydrogen-bond acceptors (Lipinski definition) is 5. The lowest BCUT2D eigenvalue weighted by molar-refractivity contribution is -0.136. The Kier molecular flexibility index (Phi) is 5.91. The molecule has 2 heterocycles. The Hall–Kier alpha value is -4.84. The van der Waals surface area contributed by atoms with E-state index in [1.54, 1.807) is 6.07 Å². The van der Waals surface area contributed by atoms with Gasteiger partial charge in [0, 0.05) is 11.8 Å². The summed E-state index contributed by atoms with van der Waals surface area (Å²) in [5.41, 5.74) is 3.60. The van der Waals surface area contributed by atoms with E-state index in [2.05, 4.69) is 29.2 Å². The van der Waals surface area contributed by atoms with Crippen molar-refractivity contribution < 1.29 is 14.3 Å². The number of ether oxygens (including phenoxy) is 1. The third-order valence-corrected chi connectivity index (χ3v) is 6.57. The second-order valence-electron chi connectivity index (χ2n) is 8.94. The summed E-state index contributed by atoms with van der Waals surface area (Å²) in [5.74, 6) is -1.04. The largest absolute Gasteiger partial charge is 0.451 e. The maximum atomic E-state index is 13.3. The van der Waals surface area contributed by atoms with Gasteiger partial charge in [-0.25, -0.2) is 14.8 Å². The molecule has 0 saturated carbocycles. The van der Waals surface area contributed by atoms with Gasteiger partial charge in [-0.15, -0.1) is 0 Å². The minimum atomic E-state index is -0.645. The van der Waals surface area contributed by atoms with Gasteiger partial charge in [-0.3, -0.25) is 4.79 Å². The van der Waals surface area contributed by atoms with E-state index < -0.39 is 18.5 Å². The molecule has 180 valence electrons. The minimum Gasteiger partial charge on any atom is -0.451 e.